The molecule has 14 heavy (non-hydrogen) atoms. The molecular weight excluding hydrogens is 203 g/mol. The predicted molar refractivity (Wildman–Crippen MR) is 55.2 cm³/mol. The average Bonchev–Trinajstić information content (AvgIpc) is 2.05. The van der Waals surface area contributed by atoms with Gasteiger partial charge in [-0.3, -0.25) is 9.36 Å². The highest BCUT2D eigenvalue weighted by Crippen LogP contribution is 2.40. The van der Waals surface area contributed by atoms with Crippen LogP contribution in [0.1, 0.15) is 40.0 Å². The van der Waals surface area contributed by atoms with E-state index in [-0.39, 0.29) is 5.78 Å². The molecular formula is C9H19O4P. The topological polar surface area (TPSA) is 74.6 Å². The van der Waals surface area contributed by atoms with Crippen molar-refractivity contribution in [2.45, 2.75) is 40.0 Å². The van der Waals surface area contributed by atoms with Crippen LogP contribution in [0.4, 0.5) is 0 Å². The number of carbonyl (C=O) groups excluding carboxylic acids is 1. The molecule has 0 aliphatic heterocycles. The fraction of sp³-hybridized carbons (Fsp3) is 0.889. The summed E-state index contributed by atoms with van der Waals surface area (Å²) < 4.78 is 10.7. The summed E-state index contributed by atoms with van der Waals surface area (Å²) in [5, 5.41) is 0. The molecule has 0 heterocycles. The van der Waals surface area contributed by atoms with Crippen LogP contribution in [0.25, 0.3) is 0 Å². The van der Waals surface area contributed by atoms with Crippen LogP contribution in [0, 0.1) is 5.41 Å². The fourth-order valence-electron chi connectivity index (χ4n) is 1.70. The molecule has 0 aromatic carbocycles. The average molecular weight is 222 g/mol. The standard InChI is InChI=1S/C9H19O4P/c1-4-9(5-2,6-3)8(10)7-14(11,12)13/h4-7H2,1-3H3,(H2,11,12,13). The summed E-state index contributed by atoms with van der Waals surface area (Å²) in [7, 11) is -4.21. The van der Waals surface area contributed by atoms with Gasteiger partial charge in [-0.05, 0) is 19.3 Å². The smallest absolute Gasteiger partial charge is 0.324 e. The second-order valence-electron chi connectivity index (χ2n) is 3.59. The number of ketones is 1. The van der Waals surface area contributed by atoms with Crippen LogP contribution in [-0.4, -0.2) is 21.7 Å². The van der Waals surface area contributed by atoms with E-state index in [0.717, 1.165) is 0 Å². The summed E-state index contributed by atoms with van der Waals surface area (Å²) in [5.41, 5.74) is -0.541. The highest BCUT2D eigenvalue weighted by molar-refractivity contribution is 7.52. The van der Waals surface area contributed by atoms with Crippen LogP contribution < -0.4 is 0 Å². The normalized spacial score (nSPS) is 12.9. The van der Waals surface area contributed by atoms with Gasteiger partial charge in [-0.15, -0.1) is 0 Å². The number of hydrogen-bond acceptors (Lipinski definition) is 2. The van der Waals surface area contributed by atoms with Crippen LogP contribution >= 0.6 is 7.60 Å². The second kappa shape index (κ2) is 5.06. The van der Waals surface area contributed by atoms with Gasteiger partial charge >= 0.3 is 7.60 Å². The molecule has 0 amide bonds. The first kappa shape index (κ1) is 13.8. The molecule has 0 aliphatic carbocycles. The Balaban J connectivity index is 4.70. The molecule has 0 saturated carbocycles. The van der Waals surface area contributed by atoms with Crippen molar-refractivity contribution in [1.82, 2.24) is 0 Å². The molecule has 0 radical (unpaired) electrons. The number of hydrogen-bond donors (Lipinski definition) is 2. The van der Waals surface area contributed by atoms with E-state index < -0.39 is 19.2 Å². The third-order valence-corrected chi connectivity index (χ3v) is 3.67. The lowest BCUT2D eigenvalue weighted by Gasteiger charge is -2.28. The quantitative estimate of drug-likeness (QED) is 0.673. The molecule has 4 nitrogen and oxygen atoms in total. The first-order chi connectivity index (χ1) is 6.31. The number of Topliss-reactive ketones (excluding diaryl/α,β-unsaturated/α-hetero) is 1. The van der Waals surface area contributed by atoms with Gasteiger partial charge in [0, 0.05) is 5.41 Å². The summed E-state index contributed by atoms with van der Waals surface area (Å²) in [6.45, 7) is 5.64. The van der Waals surface area contributed by atoms with E-state index in [2.05, 4.69) is 0 Å². The highest BCUT2D eigenvalue weighted by atomic mass is 31.2. The minimum absolute atomic E-state index is 0.307. The maximum Gasteiger partial charge on any atom is 0.332 e. The molecule has 0 atom stereocenters. The summed E-state index contributed by atoms with van der Waals surface area (Å²) >= 11 is 0. The minimum Gasteiger partial charge on any atom is -0.324 e. The van der Waals surface area contributed by atoms with Crippen molar-refractivity contribution in [3.63, 3.8) is 0 Å². The molecule has 0 unspecified atom stereocenters. The predicted octanol–water partition coefficient (Wildman–Crippen LogP) is 1.95. The summed E-state index contributed by atoms with van der Waals surface area (Å²) in [6.07, 6.45) is 1.29. The SMILES string of the molecule is CCC(CC)(CC)C(=O)CP(=O)(O)O. The number of carbonyl (C=O) groups is 1. The molecule has 0 aromatic heterocycles. The molecule has 0 aliphatic rings. The Bertz CT molecular complexity index is 231. The van der Waals surface area contributed by atoms with E-state index in [4.69, 9.17) is 9.79 Å². The second-order valence-corrected chi connectivity index (χ2v) is 5.23. The van der Waals surface area contributed by atoms with E-state index >= 15 is 0 Å². The molecule has 0 spiro atoms. The molecule has 0 saturated heterocycles. The number of rotatable bonds is 6. The maximum absolute atomic E-state index is 11.7. The zero-order chi connectivity index (χ0) is 11.4. The van der Waals surface area contributed by atoms with Gasteiger partial charge in [-0.1, -0.05) is 20.8 Å². The van der Waals surface area contributed by atoms with Crippen LogP contribution in [0.2, 0.25) is 0 Å². The lowest BCUT2D eigenvalue weighted by molar-refractivity contribution is -0.127. The van der Waals surface area contributed by atoms with Crippen LogP contribution in [-0.2, 0) is 9.36 Å². The zero-order valence-corrected chi connectivity index (χ0v) is 9.88. The molecule has 0 fully saturated rings. The van der Waals surface area contributed by atoms with Crippen LogP contribution in [0.5, 0.6) is 0 Å². The van der Waals surface area contributed by atoms with Gasteiger partial charge in [0.25, 0.3) is 0 Å². The van der Waals surface area contributed by atoms with Crippen molar-refractivity contribution in [3.05, 3.63) is 0 Å². The first-order valence-electron chi connectivity index (χ1n) is 4.89. The van der Waals surface area contributed by atoms with E-state index in [1.807, 2.05) is 20.8 Å². The van der Waals surface area contributed by atoms with Crippen LogP contribution in [0.15, 0.2) is 0 Å². The van der Waals surface area contributed by atoms with Gasteiger partial charge in [0.15, 0.2) is 5.78 Å². The summed E-state index contributed by atoms with van der Waals surface area (Å²) in [4.78, 5) is 29.1. The molecule has 84 valence electrons. The molecule has 0 rings (SSSR count). The van der Waals surface area contributed by atoms with Crippen molar-refractivity contribution >= 4 is 13.4 Å². The van der Waals surface area contributed by atoms with Gasteiger partial charge in [-0.2, -0.15) is 0 Å². The Labute approximate surface area is 84.9 Å². The fourth-order valence-corrected chi connectivity index (χ4v) is 2.41. The maximum atomic E-state index is 11.7. The van der Waals surface area contributed by atoms with E-state index in [0.29, 0.717) is 19.3 Å². The monoisotopic (exact) mass is 222 g/mol. The lowest BCUT2D eigenvalue weighted by atomic mass is 9.76. The van der Waals surface area contributed by atoms with E-state index in [1.54, 1.807) is 0 Å². The van der Waals surface area contributed by atoms with Crippen molar-refractivity contribution < 1.29 is 19.1 Å². The van der Waals surface area contributed by atoms with Crippen molar-refractivity contribution in [2.24, 2.45) is 5.41 Å². The van der Waals surface area contributed by atoms with Gasteiger partial charge < -0.3 is 9.79 Å². The van der Waals surface area contributed by atoms with Crippen molar-refractivity contribution in [1.29, 1.82) is 0 Å². The van der Waals surface area contributed by atoms with E-state index in [9.17, 15) is 9.36 Å². The van der Waals surface area contributed by atoms with Gasteiger partial charge in [0.1, 0.15) is 6.16 Å². The van der Waals surface area contributed by atoms with Crippen molar-refractivity contribution in [3.8, 4) is 0 Å². The molecule has 0 aromatic rings. The Morgan fingerprint density at radius 2 is 1.50 bits per heavy atom. The Kier molecular flexibility index (Phi) is 4.99. The Morgan fingerprint density at radius 3 is 1.71 bits per heavy atom. The zero-order valence-electron chi connectivity index (χ0n) is 8.99. The highest BCUT2D eigenvalue weighted by Gasteiger charge is 2.36. The summed E-state index contributed by atoms with van der Waals surface area (Å²) in [6, 6.07) is 0. The Hall–Kier alpha value is -0.180. The molecule has 2 N–H and O–H groups in total. The minimum atomic E-state index is -4.21. The largest absolute Gasteiger partial charge is 0.332 e. The van der Waals surface area contributed by atoms with Crippen molar-refractivity contribution in [2.75, 3.05) is 6.16 Å². The third-order valence-electron chi connectivity index (χ3n) is 2.97. The third kappa shape index (κ3) is 3.52. The van der Waals surface area contributed by atoms with Crippen LogP contribution in [0.3, 0.4) is 0 Å². The van der Waals surface area contributed by atoms with Gasteiger partial charge in [0.2, 0.25) is 0 Å². The van der Waals surface area contributed by atoms with Gasteiger partial charge in [0.05, 0.1) is 0 Å². The summed E-state index contributed by atoms with van der Waals surface area (Å²) in [5.74, 6) is -0.307. The lowest BCUT2D eigenvalue weighted by Crippen LogP contribution is -2.31. The molecule has 0 bridgehead atoms. The first-order valence-corrected chi connectivity index (χ1v) is 6.69. The Morgan fingerprint density at radius 1 is 1.14 bits per heavy atom. The van der Waals surface area contributed by atoms with Gasteiger partial charge in [-0.25, -0.2) is 0 Å². The van der Waals surface area contributed by atoms with E-state index in [1.165, 1.54) is 0 Å². The molecule has 5 heteroatoms.